The lowest BCUT2D eigenvalue weighted by Crippen LogP contribution is -2.28. The standard InChI is InChI=1S/C16H19N5O2/c1-11-7-14(20(2)19-11)18-16(23)12-8-15(22)21(9-12)10-13-5-3-4-6-17-13/h3-7,12H,8-10H2,1-2H3,(H,18,23). The molecule has 120 valence electrons. The van der Waals surface area contributed by atoms with E-state index in [1.54, 1.807) is 28.9 Å². The van der Waals surface area contributed by atoms with Gasteiger partial charge < -0.3 is 10.2 Å². The van der Waals surface area contributed by atoms with E-state index in [0.717, 1.165) is 11.4 Å². The minimum absolute atomic E-state index is 0.0167. The zero-order chi connectivity index (χ0) is 16.4. The van der Waals surface area contributed by atoms with Crippen LogP contribution in [0.2, 0.25) is 0 Å². The van der Waals surface area contributed by atoms with Gasteiger partial charge in [-0.05, 0) is 19.1 Å². The fourth-order valence-corrected chi connectivity index (χ4v) is 2.74. The minimum Gasteiger partial charge on any atom is -0.336 e. The van der Waals surface area contributed by atoms with Crippen molar-refractivity contribution in [3.63, 3.8) is 0 Å². The molecule has 3 rings (SSSR count). The molecule has 1 fully saturated rings. The molecule has 0 aromatic carbocycles. The van der Waals surface area contributed by atoms with Crippen LogP contribution in [-0.2, 0) is 23.2 Å². The molecule has 1 N–H and O–H groups in total. The predicted molar refractivity (Wildman–Crippen MR) is 84.3 cm³/mol. The summed E-state index contributed by atoms with van der Waals surface area (Å²) >= 11 is 0. The molecule has 1 aliphatic rings. The van der Waals surface area contributed by atoms with Crippen molar-refractivity contribution in [3.8, 4) is 0 Å². The van der Waals surface area contributed by atoms with Crippen LogP contribution in [0.25, 0.3) is 0 Å². The van der Waals surface area contributed by atoms with Crippen LogP contribution in [0.5, 0.6) is 0 Å². The van der Waals surface area contributed by atoms with Crippen molar-refractivity contribution < 1.29 is 9.59 Å². The lowest BCUT2D eigenvalue weighted by molar-refractivity contribution is -0.128. The Morgan fingerprint density at radius 3 is 2.91 bits per heavy atom. The van der Waals surface area contributed by atoms with Gasteiger partial charge in [-0.3, -0.25) is 19.3 Å². The molecule has 0 bridgehead atoms. The summed E-state index contributed by atoms with van der Waals surface area (Å²) in [6.45, 7) is 2.72. The first-order chi connectivity index (χ1) is 11.0. The second-order valence-electron chi connectivity index (χ2n) is 5.78. The summed E-state index contributed by atoms with van der Waals surface area (Å²) in [4.78, 5) is 30.4. The van der Waals surface area contributed by atoms with Gasteiger partial charge in [-0.1, -0.05) is 6.07 Å². The van der Waals surface area contributed by atoms with E-state index in [1.165, 1.54) is 0 Å². The topological polar surface area (TPSA) is 80.1 Å². The highest BCUT2D eigenvalue weighted by Gasteiger charge is 2.34. The quantitative estimate of drug-likeness (QED) is 0.917. The number of amides is 2. The maximum absolute atomic E-state index is 12.4. The number of nitrogens with one attached hydrogen (secondary N) is 1. The molecule has 0 saturated carbocycles. The zero-order valence-corrected chi connectivity index (χ0v) is 13.2. The summed E-state index contributed by atoms with van der Waals surface area (Å²) in [7, 11) is 1.77. The zero-order valence-electron chi connectivity index (χ0n) is 13.2. The molecular formula is C16H19N5O2. The fraction of sp³-hybridized carbons (Fsp3) is 0.375. The molecule has 0 radical (unpaired) electrons. The monoisotopic (exact) mass is 313 g/mol. The van der Waals surface area contributed by atoms with E-state index in [0.29, 0.717) is 18.9 Å². The first kappa shape index (κ1) is 15.2. The van der Waals surface area contributed by atoms with Crippen molar-refractivity contribution in [1.29, 1.82) is 0 Å². The van der Waals surface area contributed by atoms with Crippen LogP contribution in [0.15, 0.2) is 30.5 Å². The highest BCUT2D eigenvalue weighted by Crippen LogP contribution is 2.21. The molecule has 7 heteroatoms. The molecular weight excluding hydrogens is 294 g/mol. The third-order valence-electron chi connectivity index (χ3n) is 3.92. The maximum Gasteiger partial charge on any atom is 0.230 e. The van der Waals surface area contributed by atoms with E-state index >= 15 is 0 Å². The highest BCUT2D eigenvalue weighted by atomic mass is 16.2. The average Bonchev–Trinajstić information content (AvgIpc) is 3.03. The number of nitrogens with zero attached hydrogens (tertiary/aromatic N) is 4. The van der Waals surface area contributed by atoms with Crippen LogP contribution >= 0.6 is 0 Å². The average molecular weight is 313 g/mol. The molecule has 1 saturated heterocycles. The third kappa shape index (κ3) is 3.39. The van der Waals surface area contributed by atoms with Gasteiger partial charge in [0, 0.05) is 32.3 Å². The van der Waals surface area contributed by atoms with E-state index in [9.17, 15) is 9.59 Å². The van der Waals surface area contributed by atoms with Crippen LogP contribution in [0.1, 0.15) is 17.8 Å². The predicted octanol–water partition coefficient (Wildman–Crippen LogP) is 1.11. The summed E-state index contributed by atoms with van der Waals surface area (Å²) < 4.78 is 1.62. The van der Waals surface area contributed by atoms with Crippen LogP contribution in [0.4, 0.5) is 5.82 Å². The number of aryl methyl sites for hydroxylation is 2. The number of likely N-dealkylation sites (tertiary alicyclic amines) is 1. The number of anilines is 1. The summed E-state index contributed by atoms with van der Waals surface area (Å²) in [5.41, 5.74) is 1.66. The number of pyridine rings is 1. The van der Waals surface area contributed by atoms with Gasteiger partial charge in [0.15, 0.2) is 0 Å². The molecule has 23 heavy (non-hydrogen) atoms. The Morgan fingerprint density at radius 2 is 2.26 bits per heavy atom. The van der Waals surface area contributed by atoms with E-state index in [4.69, 9.17) is 0 Å². The van der Waals surface area contributed by atoms with Crippen molar-refractivity contribution in [2.45, 2.75) is 19.9 Å². The Balaban J connectivity index is 1.62. The van der Waals surface area contributed by atoms with Crippen molar-refractivity contribution in [3.05, 3.63) is 41.9 Å². The van der Waals surface area contributed by atoms with Crippen LogP contribution in [-0.4, -0.2) is 38.0 Å². The number of aromatic nitrogens is 3. The second kappa shape index (κ2) is 6.20. The normalized spacial score (nSPS) is 17.6. The van der Waals surface area contributed by atoms with Gasteiger partial charge in [-0.2, -0.15) is 5.10 Å². The Labute approximate surface area is 134 Å². The molecule has 0 aliphatic carbocycles. The van der Waals surface area contributed by atoms with Gasteiger partial charge >= 0.3 is 0 Å². The minimum atomic E-state index is -0.346. The summed E-state index contributed by atoms with van der Waals surface area (Å²) in [6, 6.07) is 7.40. The molecule has 7 nitrogen and oxygen atoms in total. The van der Waals surface area contributed by atoms with Gasteiger partial charge in [-0.25, -0.2) is 0 Å². The molecule has 2 aromatic rings. The first-order valence-electron chi connectivity index (χ1n) is 7.52. The maximum atomic E-state index is 12.4. The number of hydrogen-bond donors (Lipinski definition) is 1. The number of carbonyl (C=O) groups is 2. The van der Waals surface area contributed by atoms with Gasteiger partial charge in [0.05, 0.1) is 23.9 Å². The van der Waals surface area contributed by atoms with Gasteiger partial charge in [0.25, 0.3) is 0 Å². The van der Waals surface area contributed by atoms with Crippen LogP contribution < -0.4 is 5.32 Å². The molecule has 0 spiro atoms. The molecule has 3 heterocycles. The van der Waals surface area contributed by atoms with E-state index < -0.39 is 0 Å². The lowest BCUT2D eigenvalue weighted by Gasteiger charge is -2.16. The smallest absolute Gasteiger partial charge is 0.230 e. The van der Waals surface area contributed by atoms with E-state index in [2.05, 4.69) is 15.4 Å². The van der Waals surface area contributed by atoms with Crippen LogP contribution in [0.3, 0.4) is 0 Å². The Kier molecular flexibility index (Phi) is 4.10. The van der Waals surface area contributed by atoms with Crippen LogP contribution in [0, 0.1) is 12.8 Å². The summed E-state index contributed by atoms with van der Waals surface area (Å²) in [5, 5.41) is 7.04. The Bertz CT molecular complexity index is 725. The summed E-state index contributed by atoms with van der Waals surface area (Å²) in [6.07, 6.45) is 1.93. The van der Waals surface area contributed by atoms with Crippen molar-refractivity contribution in [1.82, 2.24) is 19.7 Å². The van der Waals surface area contributed by atoms with Crippen molar-refractivity contribution in [2.24, 2.45) is 13.0 Å². The largest absolute Gasteiger partial charge is 0.336 e. The molecule has 2 amide bonds. The third-order valence-corrected chi connectivity index (χ3v) is 3.92. The number of rotatable bonds is 4. The molecule has 1 atom stereocenters. The fourth-order valence-electron chi connectivity index (χ4n) is 2.74. The SMILES string of the molecule is Cc1cc(NC(=O)C2CC(=O)N(Cc3ccccn3)C2)n(C)n1. The van der Waals surface area contributed by atoms with E-state index in [1.807, 2.05) is 25.1 Å². The van der Waals surface area contributed by atoms with Gasteiger partial charge in [0.1, 0.15) is 5.82 Å². The van der Waals surface area contributed by atoms with Crippen molar-refractivity contribution >= 4 is 17.6 Å². The highest BCUT2D eigenvalue weighted by molar-refractivity contribution is 5.96. The first-order valence-corrected chi connectivity index (χ1v) is 7.52. The summed E-state index contributed by atoms with van der Waals surface area (Å²) in [5.74, 6) is 0.131. The second-order valence-corrected chi connectivity index (χ2v) is 5.78. The Hall–Kier alpha value is -2.70. The van der Waals surface area contributed by atoms with E-state index in [-0.39, 0.29) is 24.2 Å². The number of carbonyl (C=O) groups excluding carboxylic acids is 2. The Morgan fingerprint density at radius 1 is 1.43 bits per heavy atom. The van der Waals surface area contributed by atoms with Crippen molar-refractivity contribution in [2.75, 3.05) is 11.9 Å². The number of hydrogen-bond acceptors (Lipinski definition) is 4. The molecule has 1 unspecified atom stereocenters. The lowest BCUT2D eigenvalue weighted by atomic mass is 10.1. The molecule has 1 aliphatic heterocycles. The van der Waals surface area contributed by atoms with Gasteiger partial charge in [0.2, 0.25) is 11.8 Å². The molecule has 2 aromatic heterocycles. The van der Waals surface area contributed by atoms with Gasteiger partial charge in [-0.15, -0.1) is 0 Å².